The molecule has 0 radical (unpaired) electrons. The van der Waals surface area contributed by atoms with Crippen LogP contribution in [0.2, 0.25) is 5.02 Å². The van der Waals surface area contributed by atoms with E-state index in [1.807, 2.05) is 30.3 Å². The summed E-state index contributed by atoms with van der Waals surface area (Å²) in [5.74, 6) is -0.838. The predicted molar refractivity (Wildman–Crippen MR) is 115 cm³/mol. The Kier molecular flexibility index (Phi) is 6.50. The Bertz CT molecular complexity index is 1030. The molecule has 9 heteroatoms. The van der Waals surface area contributed by atoms with E-state index in [9.17, 15) is 18.0 Å². The highest BCUT2D eigenvalue weighted by atomic mass is 35.5. The van der Waals surface area contributed by atoms with Gasteiger partial charge in [0.1, 0.15) is 5.54 Å². The molecule has 0 aliphatic carbocycles. The molecule has 1 N–H and O–H groups in total. The topological polar surface area (TPSA) is 86.8 Å². The summed E-state index contributed by atoms with van der Waals surface area (Å²) in [5.41, 5.74) is 0.337. The fourth-order valence-corrected chi connectivity index (χ4v) is 4.39. The summed E-state index contributed by atoms with van der Waals surface area (Å²) < 4.78 is 25.3. The molecule has 3 rings (SSSR count). The molecule has 0 aromatic heterocycles. The van der Waals surface area contributed by atoms with Crippen molar-refractivity contribution in [1.82, 2.24) is 14.5 Å². The van der Waals surface area contributed by atoms with Crippen LogP contribution >= 0.6 is 11.6 Å². The second kappa shape index (κ2) is 8.75. The van der Waals surface area contributed by atoms with Crippen molar-refractivity contribution in [2.24, 2.45) is 0 Å². The molecule has 0 spiro atoms. The van der Waals surface area contributed by atoms with Gasteiger partial charge < -0.3 is 10.2 Å². The van der Waals surface area contributed by atoms with Crippen LogP contribution in [-0.2, 0) is 32.7 Å². The molecule has 2 aromatic rings. The summed E-state index contributed by atoms with van der Waals surface area (Å²) in [7, 11) is -3.64. The molecule has 30 heavy (non-hydrogen) atoms. The highest BCUT2D eigenvalue weighted by Crippen LogP contribution is 2.27. The fourth-order valence-electron chi connectivity index (χ4n) is 3.43. The van der Waals surface area contributed by atoms with E-state index in [2.05, 4.69) is 5.32 Å². The van der Waals surface area contributed by atoms with Crippen LogP contribution in [-0.4, -0.2) is 54.3 Å². The van der Waals surface area contributed by atoms with Crippen molar-refractivity contribution < 1.29 is 18.0 Å². The number of sulfonamides is 1. The first-order valence-electron chi connectivity index (χ1n) is 9.42. The Morgan fingerprint density at radius 3 is 2.33 bits per heavy atom. The standard InChI is InChI=1S/C21H24ClN3O4S/c1-21(20(27)23-12-16-8-10-18(22)11-9-16)15-24(30(2,28)29)14-19(26)25(21)13-17-6-4-3-5-7-17/h3-11H,12-15H2,1-2H3,(H,23,27)/t21-/m0/s1. The number of rotatable bonds is 6. The van der Waals surface area contributed by atoms with Gasteiger partial charge in [0, 0.05) is 24.7 Å². The maximum atomic E-state index is 13.2. The summed E-state index contributed by atoms with van der Waals surface area (Å²) in [6, 6.07) is 16.3. The smallest absolute Gasteiger partial charge is 0.247 e. The third kappa shape index (κ3) is 5.00. The van der Waals surface area contributed by atoms with Crippen molar-refractivity contribution in [3.05, 3.63) is 70.7 Å². The van der Waals surface area contributed by atoms with E-state index in [1.165, 1.54) is 4.90 Å². The lowest BCUT2D eigenvalue weighted by molar-refractivity contribution is -0.153. The summed E-state index contributed by atoms with van der Waals surface area (Å²) in [6.45, 7) is 1.64. The normalized spacial score (nSPS) is 20.2. The Hall–Kier alpha value is -2.42. The zero-order valence-electron chi connectivity index (χ0n) is 16.8. The van der Waals surface area contributed by atoms with E-state index in [0.29, 0.717) is 5.02 Å². The summed E-state index contributed by atoms with van der Waals surface area (Å²) >= 11 is 5.90. The molecule has 0 unspecified atom stereocenters. The van der Waals surface area contributed by atoms with E-state index >= 15 is 0 Å². The Balaban J connectivity index is 1.86. The second-order valence-electron chi connectivity index (χ2n) is 7.58. The molecule has 2 amide bonds. The second-order valence-corrected chi connectivity index (χ2v) is 10.00. The molecule has 1 aliphatic rings. The average Bonchev–Trinajstić information content (AvgIpc) is 2.70. The minimum atomic E-state index is -3.64. The number of carbonyl (C=O) groups excluding carboxylic acids is 2. The molecular weight excluding hydrogens is 426 g/mol. The van der Waals surface area contributed by atoms with Crippen LogP contribution in [0.25, 0.3) is 0 Å². The monoisotopic (exact) mass is 449 g/mol. The molecule has 1 heterocycles. The number of benzene rings is 2. The van der Waals surface area contributed by atoms with Crippen molar-refractivity contribution in [3.63, 3.8) is 0 Å². The van der Waals surface area contributed by atoms with Gasteiger partial charge in [-0.25, -0.2) is 8.42 Å². The SMILES string of the molecule is C[C@@]1(C(=O)NCc2ccc(Cl)cc2)CN(S(C)(=O)=O)CC(=O)N1Cc1ccccc1. The first-order chi connectivity index (χ1) is 14.1. The van der Waals surface area contributed by atoms with Gasteiger partial charge in [-0.2, -0.15) is 4.31 Å². The van der Waals surface area contributed by atoms with Gasteiger partial charge in [-0.1, -0.05) is 54.1 Å². The number of piperazine rings is 1. The molecule has 7 nitrogen and oxygen atoms in total. The van der Waals surface area contributed by atoms with Gasteiger partial charge in [-0.15, -0.1) is 0 Å². The Morgan fingerprint density at radius 1 is 1.10 bits per heavy atom. The number of nitrogens with zero attached hydrogens (tertiary/aromatic N) is 2. The van der Waals surface area contributed by atoms with Crippen LogP contribution in [0.1, 0.15) is 18.1 Å². The summed E-state index contributed by atoms with van der Waals surface area (Å²) in [4.78, 5) is 27.6. The molecule has 1 aliphatic heterocycles. The van der Waals surface area contributed by atoms with Crippen molar-refractivity contribution in [2.75, 3.05) is 19.3 Å². The van der Waals surface area contributed by atoms with Crippen LogP contribution in [0.5, 0.6) is 0 Å². The van der Waals surface area contributed by atoms with Crippen LogP contribution in [0, 0.1) is 0 Å². The zero-order valence-corrected chi connectivity index (χ0v) is 18.4. The number of halogens is 1. The van der Waals surface area contributed by atoms with Gasteiger partial charge in [0.05, 0.1) is 12.8 Å². The number of carbonyl (C=O) groups is 2. The minimum Gasteiger partial charge on any atom is -0.350 e. The van der Waals surface area contributed by atoms with E-state index in [1.54, 1.807) is 31.2 Å². The number of nitrogens with one attached hydrogen (secondary N) is 1. The van der Waals surface area contributed by atoms with E-state index in [0.717, 1.165) is 21.7 Å². The summed E-state index contributed by atoms with van der Waals surface area (Å²) in [6.07, 6.45) is 1.04. The molecule has 2 aromatic carbocycles. The quantitative estimate of drug-likeness (QED) is 0.730. The van der Waals surface area contributed by atoms with Crippen molar-refractivity contribution in [2.45, 2.75) is 25.6 Å². The highest BCUT2D eigenvalue weighted by molar-refractivity contribution is 7.88. The molecule has 1 fully saturated rings. The first kappa shape index (κ1) is 22.3. The van der Waals surface area contributed by atoms with Crippen LogP contribution in [0.4, 0.5) is 0 Å². The maximum Gasteiger partial charge on any atom is 0.247 e. The molecule has 1 atom stereocenters. The largest absolute Gasteiger partial charge is 0.350 e. The van der Waals surface area contributed by atoms with E-state index in [4.69, 9.17) is 11.6 Å². The van der Waals surface area contributed by atoms with Gasteiger partial charge in [0.25, 0.3) is 0 Å². The lowest BCUT2D eigenvalue weighted by Gasteiger charge is -2.46. The predicted octanol–water partition coefficient (Wildman–Crippen LogP) is 2.02. The molecule has 160 valence electrons. The Labute approximate surface area is 181 Å². The van der Waals surface area contributed by atoms with Crippen LogP contribution in [0.3, 0.4) is 0 Å². The van der Waals surface area contributed by atoms with Gasteiger partial charge in [0.15, 0.2) is 0 Å². The number of hydrogen-bond donors (Lipinski definition) is 1. The minimum absolute atomic E-state index is 0.114. The molecule has 1 saturated heterocycles. The van der Waals surface area contributed by atoms with Crippen molar-refractivity contribution in [3.8, 4) is 0 Å². The molecule has 0 saturated carbocycles. The third-order valence-electron chi connectivity index (χ3n) is 5.20. The Morgan fingerprint density at radius 2 is 1.73 bits per heavy atom. The van der Waals surface area contributed by atoms with Crippen LogP contribution < -0.4 is 5.32 Å². The van der Waals surface area contributed by atoms with Crippen molar-refractivity contribution in [1.29, 1.82) is 0 Å². The van der Waals surface area contributed by atoms with Gasteiger partial charge >= 0.3 is 0 Å². The maximum absolute atomic E-state index is 13.2. The lowest BCUT2D eigenvalue weighted by Crippen LogP contribution is -2.69. The van der Waals surface area contributed by atoms with E-state index in [-0.39, 0.29) is 26.2 Å². The fraction of sp³-hybridized carbons (Fsp3) is 0.333. The lowest BCUT2D eigenvalue weighted by atomic mass is 9.94. The summed E-state index contributed by atoms with van der Waals surface area (Å²) in [5, 5.41) is 3.43. The number of amides is 2. The van der Waals surface area contributed by atoms with Gasteiger partial charge in [-0.05, 0) is 30.2 Å². The van der Waals surface area contributed by atoms with Gasteiger partial charge in [-0.3, -0.25) is 9.59 Å². The zero-order chi connectivity index (χ0) is 21.9. The third-order valence-corrected chi connectivity index (χ3v) is 6.65. The highest BCUT2D eigenvalue weighted by Gasteiger charge is 2.49. The number of hydrogen-bond acceptors (Lipinski definition) is 4. The van der Waals surface area contributed by atoms with Crippen molar-refractivity contribution >= 4 is 33.4 Å². The average molecular weight is 450 g/mol. The van der Waals surface area contributed by atoms with Crippen LogP contribution in [0.15, 0.2) is 54.6 Å². The molecular formula is C21H24ClN3O4S. The molecule has 0 bridgehead atoms. The van der Waals surface area contributed by atoms with E-state index < -0.39 is 27.4 Å². The first-order valence-corrected chi connectivity index (χ1v) is 11.6. The van der Waals surface area contributed by atoms with Gasteiger partial charge in [0.2, 0.25) is 21.8 Å².